The summed E-state index contributed by atoms with van der Waals surface area (Å²) in [7, 11) is 0. The zero-order chi connectivity index (χ0) is 24.6. The molecule has 1 aliphatic carbocycles. The van der Waals surface area contributed by atoms with E-state index >= 15 is 0 Å². The molecule has 0 radical (unpaired) electrons. The van der Waals surface area contributed by atoms with Gasteiger partial charge in [-0.2, -0.15) is 0 Å². The Morgan fingerprint density at radius 2 is 1.56 bits per heavy atom. The molecule has 2 amide bonds. The van der Waals surface area contributed by atoms with Crippen LogP contribution in [-0.2, 0) is 4.79 Å². The van der Waals surface area contributed by atoms with Gasteiger partial charge in [0.05, 0.1) is 11.3 Å². The lowest BCUT2D eigenvalue weighted by molar-refractivity contribution is -0.129. The zero-order valence-electron chi connectivity index (χ0n) is 19.0. The third kappa shape index (κ3) is 3.82. The van der Waals surface area contributed by atoms with Crippen molar-refractivity contribution in [1.29, 1.82) is 0 Å². The summed E-state index contributed by atoms with van der Waals surface area (Å²) in [6.45, 7) is 0. The highest BCUT2D eigenvalue weighted by atomic mass is 32.2. The number of esters is 1. The summed E-state index contributed by atoms with van der Waals surface area (Å²) in [5.41, 5.74) is 1.88. The fourth-order valence-corrected chi connectivity index (χ4v) is 5.41. The molecule has 0 bridgehead atoms. The van der Waals surface area contributed by atoms with Crippen LogP contribution >= 0.6 is 11.8 Å². The maximum Gasteiger partial charge on any atom is 0.343 e. The monoisotopic (exact) mass is 489 g/mol. The van der Waals surface area contributed by atoms with E-state index in [0.29, 0.717) is 39.9 Å². The number of rotatable bonds is 5. The molecule has 0 saturated carbocycles. The zero-order valence-corrected chi connectivity index (χ0v) is 19.8. The van der Waals surface area contributed by atoms with Crippen molar-refractivity contribution in [2.24, 2.45) is 0 Å². The maximum atomic E-state index is 13.5. The van der Waals surface area contributed by atoms with Crippen molar-refractivity contribution in [3.63, 3.8) is 0 Å². The van der Waals surface area contributed by atoms with E-state index in [1.54, 1.807) is 60.3 Å². The minimum atomic E-state index is -0.439. The van der Waals surface area contributed by atoms with Gasteiger partial charge in [0.1, 0.15) is 5.75 Å². The van der Waals surface area contributed by atoms with Gasteiger partial charge in [0.2, 0.25) is 0 Å². The van der Waals surface area contributed by atoms with Gasteiger partial charge < -0.3 is 4.74 Å². The molecule has 174 valence electrons. The predicted molar refractivity (Wildman–Crippen MR) is 140 cm³/mol. The van der Waals surface area contributed by atoms with Gasteiger partial charge in [-0.1, -0.05) is 60.3 Å². The topological polar surface area (TPSA) is 63.7 Å². The standard InChI is InChI=1S/C30H19NO4S/c32-28-24-12-6-11-23-26(36-22-9-2-1-3-10-22)18-17-25(27(23)24)29(33)31(28)20-13-15-21(16-14-20)35-30(34)19-7-4-5-8-19/h1-4,6-18H,5H2. The van der Waals surface area contributed by atoms with Crippen LogP contribution in [0.15, 0.2) is 119 Å². The number of anilines is 1. The van der Waals surface area contributed by atoms with E-state index in [2.05, 4.69) is 0 Å². The lowest BCUT2D eigenvalue weighted by atomic mass is 9.93. The summed E-state index contributed by atoms with van der Waals surface area (Å²) in [5, 5.41) is 1.55. The first kappa shape index (κ1) is 22.1. The van der Waals surface area contributed by atoms with E-state index in [9.17, 15) is 14.4 Å². The number of allylic oxidation sites excluding steroid dienone is 2. The van der Waals surface area contributed by atoms with Crippen LogP contribution < -0.4 is 9.64 Å². The van der Waals surface area contributed by atoms with Gasteiger partial charge in [0.25, 0.3) is 11.8 Å². The molecular formula is C30H19NO4S. The van der Waals surface area contributed by atoms with Crippen LogP contribution in [0, 0.1) is 0 Å². The predicted octanol–water partition coefficient (Wildman–Crippen LogP) is 6.58. The minimum Gasteiger partial charge on any atom is -0.423 e. The van der Waals surface area contributed by atoms with Gasteiger partial charge in [-0.3, -0.25) is 9.59 Å². The lowest BCUT2D eigenvalue weighted by Crippen LogP contribution is -2.40. The number of imide groups is 1. The van der Waals surface area contributed by atoms with Crippen molar-refractivity contribution in [1.82, 2.24) is 0 Å². The Kier molecular flexibility index (Phi) is 5.51. The molecule has 36 heavy (non-hydrogen) atoms. The summed E-state index contributed by atoms with van der Waals surface area (Å²) in [6, 6.07) is 25.6. The maximum absolute atomic E-state index is 13.5. The average molecular weight is 490 g/mol. The number of hydrogen-bond donors (Lipinski definition) is 0. The van der Waals surface area contributed by atoms with Crippen LogP contribution in [0.2, 0.25) is 0 Å². The minimum absolute atomic E-state index is 0.340. The van der Waals surface area contributed by atoms with Crippen LogP contribution in [-0.4, -0.2) is 17.8 Å². The summed E-state index contributed by atoms with van der Waals surface area (Å²) >= 11 is 1.60. The molecule has 0 atom stereocenters. The number of carbonyl (C=O) groups excluding carboxylic acids is 3. The van der Waals surface area contributed by atoms with Gasteiger partial charge in [0.15, 0.2) is 0 Å². The largest absolute Gasteiger partial charge is 0.423 e. The van der Waals surface area contributed by atoms with Crippen molar-refractivity contribution in [2.45, 2.75) is 16.2 Å². The molecule has 0 saturated heterocycles. The van der Waals surface area contributed by atoms with E-state index in [-0.39, 0.29) is 11.8 Å². The molecular weight excluding hydrogens is 470 g/mol. The molecule has 0 unspecified atom stereocenters. The Bertz CT molecular complexity index is 1580. The molecule has 0 N–H and O–H groups in total. The van der Waals surface area contributed by atoms with E-state index in [4.69, 9.17) is 4.74 Å². The Hall–Kier alpha value is -4.42. The first-order valence-electron chi connectivity index (χ1n) is 11.5. The van der Waals surface area contributed by atoms with Crippen LogP contribution in [0.1, 0.15) is 27.1 Å². The summed E-state index contributed by atoms with van der Waals surface area (Å²) < 4.78 is 5.41. The lowest BCUT2D eigenvalue weighted by Gasteiger charge is -2.28. The smallest absolute Gasteiger partial charge is 0.343 e. The molecule has 0 fully saturated rings. The second kappa shape index (κ2) is 8.98. The number of carbonyl (C=O) groups is 3. The van der Waals surface area contributed by atoms with Crippen molar-refractivity contribution < 1.29 is 19.1 Å². The summed E-state index contributed by atoms with van der Waals surface area (Å²) in [6.07, 6.45) is 6.12. The van der Waals surface area contributed by atoms with Crippen molar-refractivity contribution in [3.8, 4) is 5.75 Å². The van der Waals surface area contributed by atoms with Crippen LogP contribution in [0.4, 0.5) is 5.69 Å². The number of ether oxygens (including phenoxy) is 1. The second-order valence-electron chi connectivity index (χ2n) is 8.38. The molecule has 5 nitrogen and oxygen atoms in total. The van der Waals surface area contributed by atoms with E-state index in [0.717, 1.165) is 15.2 Å². The number of nitrogens with zero attached hydrogens (tertiary/aromatic N) is 1. The van der Waals surface area contributed by atoms with Crippen LogP contribution in [0.25, 0.3) is 10.8 Å². The van der Waals surface area contributed by atoms with Crippen LogP contribution in [0.3, 0.4) is 0 Å². The fraction of sp³-hybridized carbons (Fsp3) is 0.0333. The molecule has 6 rings (SSSR count). The Labute approximate surface area is 211 Å². The Balaban J connectivity index is 1.32. The summed E-state index contributed by atoms with van der Waals surface area (Å²) in [5.74, 6) is -0.866. The Morgan fingerprint density at radius 1 is 0.806 bits per heavy atom. The van der Waals surface area contributed by atoms with E-state index in [1.165, 1.54) is 4.90 Å². The third-order valence-corrected chi connectivity index (χ3v) is 7.23. The fourth-order valence-electron chi connectivity index (χ4n) is 4.45. The van der Waals surface area contributed by atoms with Crippen molar-refractivity contribution in [3.05, 3.63) is 120 Å². The van der Waals surface area contributed by atoms with Gasteiger partial charge in [-0.15, -0.1) is 0 Å². The van der Waals surface area contributed by atoms with Crippen LogP contribution in [0.5, 0.6) is 5.75 Å². The summed E-state index contributed by atoms with van der Waals surface area (Å²) in [4.78, 5) is 42.5. The second-order valence-corrected chi connectivity index (χ2v) is 9.50. The SMILES string of the molecule is O=C(Oc1ccc(N2C(=O)c3cccc4c(Sc5ccccc5)ccc(c34)C2=O)cc1)C1=CCC=C1. The number of benzene rings is 4. The highest BCUT2D eigenvalue weighted by Crippen LogP contribution is 2.39. The average Bonchev–Trinajstić information content (AvgIpc) is 3.45. The number of hydrogen-bond acceptors (Lipinski definition) is 5. The van der Waals surface area contributed by atoms with E-state index < -0.39 is 5.97 Å². The molecule has 4 aromatic carbocycles. The number of amides is 2. The highest BCUT2D eigenvalue weighted by Gasteiger charge is 2.34. The van der Waals surface area contributed by atoms with Crippen molar-refractivity contribution in [2.75, 3.05) is 4.90 Å². The molecule has 2 aliphatic rings. The molecule has 0 aromatic heterocycles. The van der Waals surface area contributed by atoms with Gasteiger partial charge >= 0.3 is 5.97 Å². The highest BCUT2D eigenvalue weighted by molar-refractivity contribution is 7.99. The molecule has 1 heterocycles. The van der Waals surface area contributed by atoms with E-state index in [1.807, 2.05) is 54.6 Å². The third-order valence-electron chi connectivity index (χ3n) is 6.15. The quantitative estimate of drug-likeness (QED) is 0.180. The molecule has 4 aromatic rings. The first-order chi connectivity index (χ1) is 17.6. The van der Waals surface area contributed by atoms with Gasteiger partial charge in [-0.05, 0) is 66.4 Å². The molecule has 0 spiro atoms. The van der Waals surface area contributed by atoms with Gasteiger partial charge in [-0.25, -0.2) is 9.69 Å². The molecule has 6 heteroatoms. The first-order valence-corrected chi connectivity index (χ1v) is 12.3. The normalized spacial score (nSPS) is 14.3. The molecule has 1 aliphatic heterocycles. The Morgan fingerprint density at radius 3 is 2.28 bits per heavy atom. The van der Waals surface area contributed by atoms with Crippen molar-refractivity contribution >= 4 is 46.0 Å². The van der Waals surface area contributed by atoms with Gasteiger partial charge in [0, 0.05) is 26.3 Å².